The maximum atomic E-state index is 13.0. The molecule has 2 unspecified atom stereocenters. The van der Waals surface area contributed by atoms with Gasteiger partial charge in [-0.05, 0) is 42.5 Å². The van der Waals surface area contributed by atoms with Crippen LogP contribution < -0.4 is 5.32 Å². The molecule has 2 aromatic heterocycles. The lowest BCUT2D eigenvalue weighted by Crippen LogP contribution is -2.52. The third-order valence-corrected chi connectivity index (χ3v) is 8.15. The molecule has 3 aliphatic rings. The SMILES string of the molecule is CC1(C)CN(Cc2ccc(-c3ccon3)cc2)CCC1c1ccc2c(n1)CN(C1CCC(=O)NC1=O)C2=O. The van der Waals surface area contributed by atoms with Crippen LogP contribution in [0, 0.1) is 5.41 Å². The van der Waals surface area contributed by atoms with Crippen LogP contribution in [0.1, 0.15) is 66.3 Å². The van der Waals surface area contributed by atoms with Crippen molar-refractivity contribution in [2.75, 3.05) is 13.1 Å². The van der Waals surface area contributed by atoms with E-state index >= 15 is 0 Å². The number of piperidine rings is 2. The van der Waals surface area contributed by atoms with Gasteiger partial charge in [-0.3, -0.25) is 29.6 Å². The minimum absolute atomic E-state index is 0.00788. The number of benzene rings is 1. The molecule has 0 radical (unpaired) electrons. The van der Waals surface area contributed by atoms with Crippen molar-refractivity contribution in [1.29, 1.82) is 0 Å². The monoisotopic (exact) mass is 513 g/mol. The minimum atomic E-state index is -0.623. The molecular weight excluding hydrogens is 482 g/mol. The van der Waals surface area contributed by atoms with Gasteiger partial charge in [-0.1, -0.05) is 43.3 Å². The Morgan fingerprint density at radius 3 is 2.58 bits per heavy atom. The molecule has 1 N–H and O–H groups in total. The highest BCUT2D eigenvalue weighted by Gasteiger charge is 2.42. The number of likely N-dealkylation sites (tertiary alicyclic amines) is 1. The van der Waals surface area contributed by atoms with Crippen LogP contribution in [0.15, 0.2) is 53.3 Å². The molecular formula is C29H31N5O4. The fraction of sp³-hybridized carbons (Fsp3) is 0.414. The quantitative estimate of drug-likeness (QED) is 0.520. The number of hydrogen-bond donors (Lipinski definition) is 1. The number of amides is 3. The molecule has 0 spiro atoms. The van der Waals surface area contributed by atoms with Gasteiger partial charge in [0.25, 0.3) is 5.91 Å². The average Bonchev–Trinajstić information content (AvgIpc) is 3.53. The molecule has 0 bridgehead atoms. The van der Waals surface area contributed by atoms with Gasteiger partial charge >= 0.3 is 0 Å². The van der Waals surface area contributed by atoms with E-state index in [0.717, 1.165) is 48.7 Å². The van der Waals surface area contributed by atoms with Crippen LogP contribution in [0.5, 0.6) is 0 Å². The zero-order valence-electron chi connectivity index (χ0n) is 21.6. The Morgan fingerprint density at radius 2 is 1.87 bits per heavy atom. The molecule has 2 fully saturated rings. The number of aromatic nitrogens is 2. The third-order valence-electron chi connectivity index (χ3n) is 8.15. The molecule has 0 saturated carbocycles. The number of rotatable bonds is 5. The number of imide groups is 1. The number of pyridine rings is 1. The van der Waals surface area contributed by atoms with E-state index < -0.39 is 11.9 Å². The van der Waals surface area contributed by atoms with E-state index in [1.807, 2.05) is 18.2 Å². The predicted octanol–water partition coefficient (Wildman–Crippen LogP) is 3.51. The van der Waals surface area contributed by atoms with Crippen LogP contribution in [-0.2, 0) is 22.7 Å². The van der Waals surface area contributed by atoms with Crippen molar-refractivity contribution < 1.29 is 18.9 Å². The van der Waals surface area contributed by atoms with Crippen molar-refractivity contribution in [3.05, 3.63) is 71.2 Å². The lowest BCUT2D eigenvalue weighted by molar-refractivity contribution is -0.136. The van der Waals surface area contributed by atoms with Gasteiger partial charge in [0.2, 0.25) is 11.8 Å². The van der Waals surface area contributed by atoms with Crippen LogP contribution >= 0.6 is 0 Å². The number of carbonyl (C=O) groups is 3. The second-order valence-electron chi connectivity index (χ2n) is 11.3. The molecule has 196 valence electrons. The number of nitrogens with one attached hydrogen (secondary N) is 1. The first-order valence-electron chi connectivity index (χ1n) is 13.1. The summed E-state index contributed by atoms with van der Waals surface area (Å²) < 4.78 is 4.95. The van der Waals surface area contributed by atoms with Crippen molar-refractivity contribution in [1.82, 2.24) is 25.3 Å². The Hall–Kier alpha value is -3.85. The molecule has 1 aromatic carbocycles. The highest BCUT2D eigenvalue weighted by Crippen LogP contribution is 2.42. The van der Waals surface area contributed by atoms with Gasteiger partial charge in [0, 0.05) is 42.8 Å². The van der Waals surface area contributed by atoms with E-state index in [4.69, 9.17) is 9.51 Å². The molecule has 3 aromatic rings. The second kappa shape index (κ2) is 9.47. The fourth-order valence-electron chi connectivity index (χ4n) is 6.20. The van der Waals surface area contributed by atoms with Gasteiger partial charge in [-0.2, -0.15) is 0 Å². The van der Waals surface area contributed by atoms with Crippen LogP contribution in [0.25, 0.3) is 11.3 Å². The smallest absolute Gasteiger partial charge is 0.256 e. The Morgan fingerprint density at radius 1 is 1.05 bits per heavy atom. The highest BCUT2D eigenvalue weighted by molar-refractivity contribution is 6.05. The zero-order valence-corrected chi connectivity index (χ0v) is 21.6. The molecule has 2 atom stereocenters. The van der Waals surface area contributed by atoms with Gasteiger partial charge in [-0.25, -0.2) is 0 Å². The van der Waals surface area contributed by atoms with Gasteiger partial charge in [0.1, 0.15) is 18.0 Å². The summed E-state index contributed by atoms with van der Waals surface area (Å²) in [5.41, 5.74) is 5.41. The van der Waals surface area contributed by atoms with Gasteiger partial charge in [0.15, 0.2) is 0 Å². The standard InChI is InChI=1S/C29H31N5O4/c1-29(2)17-33(15-18-3-5-19(6-4-18)22-12-14-38-32-22)13-11-21(29)23-8-7-20-24(30-23)16-34(28(20)37)25-9-10-26(35)31-27(25)36/h3-8,12,14,21,25H,9-11,13,15-17H2,1-2H3,(H,31,35,36). The maximum Gasteiger partial charge on any atom is 0.256 e. The lowest BCUT2D eigenvalue weighted by atomic mass is 9.72. The fourth-order valence-corrected chi connectivity index (χ4v) is 6.20. The molecule has 9 nitrogen and oxygen atoms in total. The minimum Gasteiger partial charge on any atom is -0.364 e. The number of hydrogen-bond acceptors (Lipinski definition) is 7. The Bertz CT molecular complexity index is 1380. The van der Waals surface area contributed by atoms with Gasteiger partial charge in [0.05, 0.1) is 17.8 Å². The average molecular weight is 514 g/mol. The van der Waals surface area contributed by atoms with Gasteiger partial charge < -0.3 is 9.42 Å². The molecule has 3 aliphatic heterocycles. The summed E-state index contributed by atoms with van der Waals surface area (Å²) in [6, 6.07) is 13.5. The zero-order chi connectivity index (χ0) is 26.4. The van der Waals surface area contributed by atoms with Crippen molar-refractivity contribution >= 4 is 17.7 Å². The van der Waals surface area contributed by atoms with E-state index in [1.165, 1.54) is 5.56 Å². The molecule has 5 heterocycles. The maximum absolute atomic E-state index is 13.0. The normalized spacial score (nSPS) is 23.4. The number of nitrogens with zero attached hydrogens (tertiary/aromatic N) is 4. The first kappa shape index (κ1) is 24.5. The van der Waals surface area contributed by atoms with E-state index in [1.54, 1.807) is 11.2 Å². The lowest BCUT2D eigenvalue weighted by Gasteiger charge is -2.44. The molecule has 38 heavy (non-hydrogen) atoms. The Kier molecular flexibility index (Phi) is 6.10. The molecule has 2 saturated heterocycles. The number of carbonyl (C=O) groups excluding carboxylic acids is 3. The van der Waals surface area contributed by atoms with Gasteiger partial charge in [-0.15, -0.1) is 0 Å². The Balaban J connectivity index is 1.13. The largest absolute Gasteiger partial charge is 0.364 e. The van der Waals surface area contributed by atoms with Crippen LogP contribution in [0.3, 0.4) is 0 Å². The second-order valence-corrected chi connectivity index (χ2v) is 11.3. The van der Waals surface area contributed by atoms with E-state index in [2.05, 4.69) is 53.5 Å². The first-order chi connectivity index (χ1) is 18.3. The first-order valence-corrected chi connectivity index (χ1v) is 13.1. The third kappa shape index (κ3) is 4.51. The molecule has 9 heteroatoms. The summed E-state index contributed by atoms with van der Waals surface area (Å²) in [5.74, 6) is -0.604. The Labute approximate surface area is 221 Å². The van der Waals surface area contributed by atoms with Crippen molar-refractivity contribution in [3.63, 3.8) is 0 Å². The summed E-state index contributed by atoms with van der Waals surface area (Å²) in [4.78, 5) is 46.0. The van der Waals surface area contributed by atoms with E-state index in [-0.39, 0.29) is 29.6 Å². The molecule has 0 aliphatic carbocycles. The highest BCUT2D eigenvalue weighted by atomic mass is 16.5. The summed E-state index contributed by atoms with van der Waals surface area (Å²) in [7, 11) is 0. The molecule has 6 rings (SSSR count). The van der Waals surface area contributed by atoms with Crippen LogP contribution in [0.2, 0.25) is 0 Å². The topological polar surface area (TPSA) is 109 Å². The van der Waals surface area contributed by atoms with Crippen LogP contribution in [-0.4, -0.2) is 56.8 Å². The summed E-state index contributed by atoms with van der Waals surface area (Å²) in [6.45, 7) is 7.64. The summed E-state index contributed by atoms with van der Waals surface area (Å²) in [5, 5.41) is 6.36. The van der Waals surface area contributed by atoms with E-state index in [9.17, 15) is 14.4 Å². The van der Waals surface area contributed by atoms with E-state index in [0.29, 0.717) is 18.5 Å². The number of fused-ring (bicyclic) bond motifs is 1. The predicted molar refractivity (Wildman–Crippen MR) is 139 cm³/mol. The van der Waals surface area contributed by atoms with Crippen molar-refractivity contribution in [2.45, 2.75) is 58.2 Å². The summed E-state index contributed by atoms with van der Waals surface area (Å²) in [6.07, 6.45) is 3.15. The summed E-state index contributed by atoms with van der Waals surface area (Å²) >= 11 is 0. The van der Waals surface area contributed by atoms with Crippen molar-refractivity contribution in [3.8, 4) is 11.3 Å². The van der Waals surface area contributed by atoms with Crippen LogP contribution in [0.4, 0.5) is 0 Å². The molecule has 3 amide bonds. The van der Waals surface area contributed by atoms with Crippen molar-refractivity contribution in [2.24, 2.45) is 5.41 Å².